The lowest BCUT2D eigenvalue weighted by Crippen LogP contribution is -2.47. The van der Waals surface area contributed by atoms with Crippen LogP contribution in [0.15, 0.2) is 35.3 Å². The summed E-state index contributed by atoms with van der Waals surface area (Å²) in [5, 5.41) is 0. The first kappa shape index (κ1) is 23.7. The number of ether oxygens (including phenoxy) is 2. The molecule has 1 saturated heterocycles. The van der Waals surface area contributed by atoms with Crippen molar-refractivity contribution in [3.8, 4) is 0 Å². The molecular weight excluding hydrogens is 401 g/mol. The highest BCUT2D eigenvalue weighted by Crippen LogP contribution is 2.36. The van der Waals surface area contributed by atoms with Gasteiger partial charge in [0.1, 0.15) is 6.61 Å². The molecule has 2 rings (SSSR count). The predicted molar refractivity (Wildman–Crippen MR) is 105 cm³/mol. The minimum absolute atomic E-state index is 0.0491. The number of aliphatic imine (C=N–C) groups is 1. The number of hydrogen-bond acceptors (Lipinski definition) is 5. The SMILES string of the molecule is CCOC(=O)[C@@H](CC(C)C)N=C(F)C1N(C(=O)OCc2ccccc2)CCC1(F)F. The van der Waals surface area contributed by atoms with Crippen molar-refractivity contribution in [1.82, 2.24) is 4.90 Å². The first-order valence-electron chi connectivity index (χ1n) is 9.90. The number of amides is 1. The summed E-state index contributed by atoms with van der Waals surface area (Å²) in [4.78, 5) is 28.7. The van der Waals surface area contributed by atoms with Gasteiger partial charge in [0.25, 0.3) is 5.92 Å². The minimum Gasteiger partial charge on any atom is -0.464 e. The van der Waals surface area contributed by atoms with Crippen molar-refractivity contribution < 1.29 is 32.2 Å². The normalized spacial score (nSPS) is 19.6. The molecule has 0 aliphatic carbocycles. The fourth-order valence-corrected chi connectivity index (χ4v) is 3.17. The average molecular weight is 428 g/mol. The first-order valence-corrected chi connectivity index (χ1v) is 9.90. The summed E-state index contributed by atoms with van der Waals surface area (Å²) >= 11 is 0. The lowest BCUT2D eigenvalue weighted by atomic mass is 10.0. The number of rotatable bonds is 8. The number of alkyl halides is 2. The zero-order valence-corrected chi connectivity index (χ0v) is 17.3. The van der Waals surface area contributed by atoms with Crippen LogP contribution >= 0.6 is 0 Å². The van der Waals surface area contributed by atoms with Crippen LogP contribution in [-0.4, -0.2) is 54.1 Å². The number of carbonyl (C=O) groups is 2. The van der Waals surface area contributed by atoms with Crippen LogP contribution in [0.5, 0.6) is 0 Å². The van der Waals surface area contributed by atoms with Gasteiger partial charge in [-0.25, -0.2) is 23.4 Å². The maximum atomic E-state index is 14.9. The fraction of sp³-hybridized carbons (Fsp3) is 0.571. The molecule has 6 nitrogen and oxygen atoms in total. The monoisotopic (exact) mass is 428 g/mol. The van der Waals surface area contributed by atoms with Crippen molar-refractivity contribution >= 4 is 18.0 Å². The van der Waals surface area contributed by atoms with E-state index in [0.717, 1.165) is 0 Å². The van der Waals surface area contributed by atoms with Crippen molar-refractivity contribution in [3.63, 3.8) is 0 Å². The smallest absolute Gasteiger partial charge is 0.410 e. The lowest BCUT2D eigenvalue weighted by molar-refractivity contribution is -0.145. The average Bonchev–Trinajstić information content (AvgIpc) is 3.01. The Morgan fingerprint density at radius 2 is 1.90 bits per heavy atom. The minimum atomic E-state index is -3.53. The zero-order valence-electron chi connectivity index (χ0n) is 17.3. The van der Waals surface area contributed by atoms with E-state index in [1.165, 1.54) is 0 Å². The van der Waals surface area contributed by atoms with Crippen LogP contribution in [0.25, 0.3) is 0 Å². The highest BCUT2D eigenvalue weighted by atomic mass is 19.3. The van der Waals surface area contributed by atoms with Gasteiger partial charge in [-0.1, -0.05) is 44.2 Å². The molecule has 0 bridgehead atoms. The maximum absolute atomic E-state index is 14.9. The van der Waals surface area contributed by atoms with E-state index in [1.807, 2.05) is 0 Å². The molecule has 1 heterocycles. The van der Waals surface area contributed by atoms with Crippen LogP contribution in [-0.2, 0) is 20.9 Å². The Labute approximate surface area is 174 Å². The van der Waals surface area contributed by atoms with Gasteiger partial charge in [-0.3, -0.25) is 4.90 Å². The van der Waals surface area contributed by atoms with Gasteiger partial charge < -0.3 is 9.47 Å². The molecule has 0 N–H and O–H groups in total. The van der Waals surface area contributed by atoms with E-state index in [4.69, 9.17) is 9.47 Å². The zero-order chi connectivity index (χ0) is 22.3. The molecule has 0 saturated carbocycles. The molecule has 1 aromatic carbocycles. The standard InChI is InChI=1S/C21H27F3N2O4/c1-4-29-19(27)16(12-14(2)3)25-18(22)17-21(23,24)10-11-26(17)20(28)30-13-15-8-6-5-7-9-15/h5-9,14,16-17H,4,10-13H2,1-3H3/t16-,17?/m1/s1. The van der Waals surface area contributed by atoms with Gasteiger partial charge in [0.15, 0.2) is 12.1 Å². The number of hydrogen-bond donors (Lipinski definition) is 0. The molecule has 166 valence electrons. The molecular formula is C21H27F3N2O4. The lowest BCUT2D eigenvalue weighted by Gasteiger charge is -2.26. The topological polar surface area (TPSA) is 68.2 Å². The number of likely N-dealkylation sites (tertiary alicyclic amines) is 1. The first-order chi connectivity index (χ1) is 14.2. The van der Waals surface area contributed by atoms with E-state index in [-0.39, 0.29) is 32.1 Å². The Balaban J connectivity index is 2.19. The molecule has 1 unspecified atom stereocenters. The summed E-state index contributed by atoms with van der Waals surface area (Å²) < 4.78 is 53.7. The molecule has 1 aromatic rings. The third kappa shape index (κ3) is 6.21. The Kier molecular flexibility index (Phi) is 8.25. The second-order valence-electron chi connectivity index (χ2n) is 7.50. The van der Waals surface area contributed by atoms with Crippen LogP contribution in [0.2, 0.25) is 0 Å². The van der Waals surface area contributed by atoms with E-state index in [1.54, 1.807) is 51.1 Å². The van der Waals surface area contributed by atoms with Gasteiger partial charge in [0.2, 0.25) is 5.97 Å². The van der Waals surface area contributed by atoms with Gasteiger partial charge in [-0.2, -0.15) is 4.39 Å². The van der Waals surface area contributed by atoms with Gasteiger partial charge >= 0.3 is 12.1 Å². The summed E-state index contributed by atoms with van der Waals surface area (Å²) in [6.07, 6.45) is -1.67. The van der Waals surface area contributed by atoms with Crippen LogP contribution in [0.1, 0.15) is 39.2 Å². The summed E-state index contributed by atoms with van der Waals surface area (Å²) in [6, 6.07) is 5.21. The summed E-state index contributed by atoms with van der Waals surface area (Å²) in [5.74, 6) is -5.85. The van der Waals surface area contributed by atoms with Crippen molar-refractivity contribution in [3.05, 3.63) is 35.9 Å². The molecule has 1 amide bonds. The molecule has 0 radical (unpaired) electrons. The molecule has 30 heavy (non-hydrogen) atoms. The molecule has 9 heteroatoms. The van der Waals surface area contributed by atoms with Crippen molar-refractivity contribution in [2.75, 3.05) is 13.2 Å². The Morgan fingerprint density at radius 1 is 1.23 bits per heavy atom. The molecule has 0 aromatic heterocycles. The van der Waals surface area contributed by atoms with E-state index in [0.29, 0.717) is 10.5 Å². The molecule has 1 aliphatic heterocycles. The van der Waals surface area contributed by atoms with Crippen LogP contribution < -0.4 is 0 Å². The third-order valence-corrected chi connectivity index (χ3v) is 4.60. The quantitative estimate of drug-likeness (QED) is 0.455. The van der Waals surface area contributed by atoms with E-state index in [9.17, 15) is 22.8 Å². The van der Waals surface area contributed by atoms with Crippen molar-refractivity contribution in [2.24, 2.45) is 10.9 Å². The van der Waals surface area contributed by atoms with Gasteiger partial charge in [0, 0.05) is 13.0 Å². The fourth-order valence-electron chi connectivity index (χ4n) is 3.17. The molecule has 0 spiro atoms. The van der Waals surface area contributed by atoms with Crippen LogP contribution in [0.4, 0.5) is 18.0 Å². The summed E-state index contributed by atoms with van der Waals surface area (Å²) in [7, 11) is 0. The third-order valence-electron chi connectivity index (χ3n) is 4.60. The number of esters is 1. The number of benzene rings is 1. The maximum Gasteiger partial charge on any atom is 0.410 e. The highest BCUT2D eigenvalue weighted by molar-refractivity contribution is 5.89. The van der Waals surface area contributed by atoms with Gasteiger partial charge in [-0.15, -0.1) is 0 Å². The largest absolute Gasteiger partial charge is 0.464 e. The number of halogens is 3. The summed E-state index contributed by atoms with van der Waals surface area (Å²) in [5.41, 5.74) is 0.668. The van der Waals surface area contributed by atoms with E-state index >= 15 is 0 Å². The predicted octanol–water partition coefficient (Wildman–Crippen LogP) is 4.38. The highest BCUT2D eigenvalue weighted by Gasteiger charge is 2.55. The van der Waals surface area contributed by atoms with Crippen LogP contribution in [0.3, 0.4) is 0 Å². The molecule has 1 fully saturated rings. The Hall–Kier alpha value is -2.58. The Morgan fingerprint density at radius 3 is 2.50 bits per heavy atom. The number of nitrogens with zero attached hydrogens (tertiary/aromatic N) is 2. The number of carbonyl (C=O) groups excluding carboxylic acids is 2. The second-order valence-corrected chi connectivity index (χ2v) is 7.50. The van der Waals surface area contributed by atoms with E-state index < -0.39 is 42.5 Å². The molecule has 1 aliphatic rings. The van der Waals surface area contributed by atoms with E-state index in [2.05, 4.69) is 4.99 Å². The Bertz CT molecular complexity index is 756. The second kappa shape index (κ2) is 10.4. The van der Waals surface area contributed by atoms with Gasteiger partial charge in [-0.05, 0) is 24.8 Å². The van der Waals surface area contributed by atoms with Crippen LogP contribution in [0, 0.1) is 5.92 Å². The van der Waals surface area contributed by atoms with Gasteiger partial charge in [0.05, 0.1) is 6.61 Å². The molecule has 2 atom stereocenters. The van der Waals surface area contributed by atoms with Crippen molar-refractivity contribution in [1.29, 1.82) is 0 Å². The van der Waals surface area contributed by atoms with Crippen molar-refractivity contribution in [2.45, 2.75) is 58.2 Å². The summed E-state index contributed by atoms with van der Waals surface area (Å²) in [6.45, 7) is 4.70.